The van der Waals surface area contributed by atoms with Gasteiger partial charge in [-0.3, -0.25) is 14.4 Å². The second kappa shape index (κ2) is 9.27. The minimum atomic E-state index is -2.50. The van der Waals surface area contributed by atoms with Crippen LogP contribution in [0.3, 0.4) is 0 Å². The first-order valence-electron chi connectivity index (χ1n) is 13.1. The van der Waals surface area contributed by atoms with Gasteiger partial charge in [0, 0.05) is 23.5 Å². The van der Waals surface area contributed by atoms with Crippen molar-refractivity contribution in [3.63, 3.8) is 0 Å². The molecule has 3 atom stereocenters. The first-order chi connectivity index (χ1) is 18.0. The molecule has 38 heavy (non-hydrogen) atoms. The van der Waals surface area contributed by atoms with Gasteiger partial charge >= 0.3 is 0 Å². The van der Waals surface area contributed by atoms with Crippen LogP contribution < -0.4 is 0 Å². The molecule has 0 fully saturated rings. The molecule has 8 heteroatoms. The Kier molecular flexibility index (Phi) is 6.34. The minimum Gasteiger partial charge on any atom is -0.511 e. The Hall–Kier alpha value is -3.65. The number of phenolic OH excluding ortho intramolecular Hbond substituents is 1. The SMILES string of the molecule is CCC(CC)Cc1cc(-c2ccoc2)c2c(c1O)C(=O)C1=C(O)[C@@]3(O)C(=O)C(C(C)=O)=C(O)C[C@H]3C[C@H]1C2. The van der Waals surface area contributed by atoms with Gasteiger partial charge in [-0.2, -0.15) is 0 Å². The van der Waals surface area contributed by atoms with Crippen LogP contribution in [0.25, 0.3) is 11.1 Å². The van der Waals surface area contributed by atoms with E-state index >= 15 is 0 Å². The standard InChI is InChI=1S/C30H32O8/c1-4-15(5-2)8-18-11-20(16-6-7-38-13-16)21-10-17-9-19-12-22(32)23(14(3)31)28(35)30(19,37)29(36)24(17)27(34)25(21)26(18)33/h6-7,11,13,15,17,19,32-33,36-37H,4-5,8-10,12H2,1-3H3/t17-,19+,30-/m0/s1. The lowest BCUT2D eigenvalue weighted by Gasteiger charge is -2.46. The van der Waals surface area contributed by atoms with Crippen LogP contribution in [0.15, 0.2) is 51.7 Å². The fourth-order valence-corrected chi connectivity index (χ4v) is 6.57. The van der Waals surface area contributed by atoms with Crippen molar-refractivity contribution in [3.05, 3.63) is 64.0 Å². The van der Waals surface area contributed by atoms with E-state index in [9.17, 15) is 34.8 Å². The monoisotopic (exact) mass is 520 g/mol. The molecule has 1 heterocycles. The molecule has 4 N–H and O–H groups in total. The average molecular weight is 521 g/mol. The first-order valence-corrected chi connectivity index (χ1v) is 13.1. The molecular weight excluding hydrogens is 488 g/mol. The highest BCUT2D eigenvalue weighted by Gasteiger charge is 2.59. The molecule has 5 rings (SSSR count). The van der Waals surface area contributed by atoms with Crippen molar-refractivity contribution >= 4 is 17.3 Å². The largest absolute Gasteiger partial charge is 0.511 e. The molecule has 0 amide bonds. The van der Waals surface area contributed by atoms with Crippen molar-refractivity contribution in [1.29, 1.82) is 0 Å². The van der Waals surface area contributed by atoms with Crippen molar-refractivity contribution in [3.8, 4) is 16.9 Å². The third-order valence-corrected chi connectivity index (χ3v) is 8.74. The number of ketones is 3. The van der Waals surface area contributed by atoms with Gasteiger partial charge in [0.05, 0.1) is 18.1 Å². The number of benzene rings is 1. The molecule has 8 nitrogen and oxygen atoms in total. The van der Waals surface area contributed by atoms with Crippen molar-refractivity contribution in [1.82, 2.24) is 0 Å². The van der Waals surface area contributed by atoms with Crippen LogP contribution in [-0.4, -0.2) is 43.4 Å². The Morgan fingerprint density at radius 2 is 1.87 bits per heavy atom. The average Bonchev–Trinajstić information content (AvgIpc) is 3.40. The maximum Gasteiger partial charge on any atom is 0.209 e. The number of fused-ring (bicyclic) bond motifs is 3. The zero-order valence-corrected chi connectivity index (χ0v) is 21.7. The molecule has 3 aliphatic rings. The van der Waals surface area contributed by atoms with Gasteiger partial charge in [-0.05, 0) is 66.8 Å². The summed E-state index contributed by atoms with van der Waals surface area (Å²) in [6.07, 6.45) is 5.67. The van der Waals surface area contributed by atoms with E-state index in [2.05, 4.69) is 13.8 Å². The van der Waals surface area contributed by atoms with Crippen LogP contribution >= 0.6 is 0 Å². The smallest absolute Gasteiger partial charge is 0.209 e. The number of furan rings is 1. The zero-order chi connectivity index (χ0) is 27.5. The number of aliphatic hydroxyl groups is 3. The molecule has 1 aromatic carbocycles. The number of aromatic hydroxyl groups is 1. The number of hydrogen-bond donors (Lipinski definition) is 4. The first kappa shape index (κ1) is 26.0. The third kappa shape index (κ3) is 3.65. The number of hydrogen-bond acceptors (Lipinski definition) is 8. The molecule has 0 radical (unpaired) electrons. The quantitative estimate of drug-likeness (QED) is 0.393. The van der Waals surface area contributed by atoms with Crippen molar-refractivity contribution in [2.45, 2.75) is 64.9 Å². The summed E-state index contributed by atoms with van der Waals surface area (Å²) in [7, 11) is 0. The van der Waals surface area contributed by atoms with E-state index < -0.39 is 51.9 Å². The van der Waals surface area contributed by atoms with Gasteiger partial charge in [-0.1, -0.05) is 26.7 Å². The highest BCUT2D eigenvalue weighted by Crippen LogP contribution is 2.53. The molecule has 3 aliphatic carbocycles. The van der Waals surface area contributed by atoms with Gasteiger partial charge in [0.1, 0.15) is 22.8 Å². The van der Waals surface area contributed by atoms with Crippen molar-refractivity contribution in [2.24, 2.45) is 17.8 Å². The lowest BCUT2D eigenvalue weighted by Crippen LogP contribution is -2.56. The third-order valence-electron chi connectivity index (χ3n) is 8.74. The number of Topliss-reactive ketones (excluding diaryl/α,β-unsaturated/α-hetero) is 3. The molecule has 2 aromatic rings. The van der Waals surface area contributed by atoms with E-state index in [4.69, 9.17) is 4.42 Å². The fraction of sp³-hybridized carbons (Fsp3) is 0.433. The molecular formula is C30H32O8. The molecule has 200 valence electrons. The summed E-state index contributed by atoms with van der Waals surface area (Å²) in [5.74, 6) is -5.04. The van der Waals surface area contributed by atoms with E-state index in [0.29, 0.717) is 17.5 Å². The van der Waals surface area contributed by atoms with Crippen LogP contribution in [0.4, 0.5) is 0 Å². The van der Waals surface area contributed by atoms with Gasteiger partial charge in [0.15, 0.2) is 17.2 Å². The molecule has 0 spiro atoms. The van der Waals surface area contributed by atoms with Crippen LogP contribution in [0, 0.1) is 17.8 Å². The van der Waals surface area contributed by atoms with Gasteiger partial charge in [-0.15, -0.1) is 0 Å². The van der Waals surface area contributed by atoms with Gasteiger partial charge in [0.2, 0.25) is 5.78 Å². The van der Waals surface area contributed by atoms with Crippen LogP contribution in [-0.2, 0) is 22.4 Å². The number of allylic oxidation sites excluding steroid dienone is 2. The summed E-state index contributed by atoms with van der Waals surface area (Å²) in [5.41, 5.74) is -0.406. The van der Waals surface area contributed by atoms with Crippen molar-refractivity contribution < 1.29 is 39.2 Å². The molecule has 0 saturated carbocycles. The highest BCUT2D eigenvalue weighted by atomic mass is 16.3. The Morgan fingerprint density at radius 1 is 1.16 bits per heavy atom. The zero-order valence-electron chi connectivity index (χ0n) is 21.7. The Labute approximate surface area is 220 Å². The molecule has 0 saturated heterocycles. The summed E-state index contributed by atoms with van der Waals surface area (Å²) in [5, 5.41) is 44.6. The summed E-state index contributed by atoms with van der Waals surface area (Å²) in [6, 6.07) is 3.68. The Morgan fingerprint density at radius 3 is 2.47 bits per heavy atom. The maximum absolute atomic E-state index is 14.0. The fourth-order valence-electron chi connectivity index (χ4n) is 6.57. The molecule has 0 aliphatic heterocycles. The maximum atomic E-state index is 14.0. The summed E-state index contributed by atoms with van der Waals surface area (Å²) in [6.45, 7) is 5.24. The van der Waals surface area contributed by atoms with E-state index in [0.717, 1.165) is 30.9 Å². The Bertz CT molecular complexity index is 1410. The number of rotatable bonds is 6. The van der Waals surface area contributed by atoms with Gasteiger partial charge in [0.25, 0.3) is 0 Å². The van der Waals surface area contributed by atoms with E-state index in [-0.39, 0.29) is 42.1 Å². The normalized spacial score (nSPS) is 25.0. The number of aliphatic hydroxyl groups excluding tert-OH is 2. The van der Waals surface area contributed by atoms with E-state index in [1.165, 1.54) is 6.26 Å². The summed E-state index contributed by atoms with van der Waals surface area (Å²) in [4.78, 5) is 39.3. The minimum absolute atomic E-state index is 0.0537. The molecule has 0 unspecified atom stereocenters. The number of carbonyl (C=O) groups is 3. The predicted octanol–water partition coefficient (Wildman–Crippen LogP) is 4.92. The number of carbonyl (C=O) groups excluding carboxylic acids is 3. The highest BCUT2D eigenvalue weighted by molar-refractivity contribution is 6.25. The van der Waals surface area contributed by atoms with Gasteiger partial charge in [-0.25, -0.2) is 0 Å². The molecule has 1 aromatic heterocycles. The summed E-state index contributed by atoms with van der Waals surface area (Å²) >= 11 is 0. The lowest BCUT2D eigenvalue weighted by molar-refractivity contribution is -0.144. The predicted molar refractivity (Wildman–Crippen MR) is 138 cm³/mol. The Balaban J connectivity index is 1.70. The van der Waals surface area contributed by atoms with E-state index in [1.807, 2.05) is 6.07 Å². The molecule has 0 bridgehead atoms. The van der Waals surface area contributed by atoms with Crippen LogP contribution in [0.2, 0.25) is 0 Å². The summed E-state index contributed by atoms with van der Waals surface area (Å²) < 4.78 is 5.31. The topological polar surface area (TPSA) is 145 Å². The van der Waals surface area contributed by atoms with Crippen molar-refractivity contribution in [2.75, 3.05) is 0 Å². The second-order valence-corrected chi connectivity index (χ2v) is 10.8. The lowest BCUT2D eigenvalue weighted by atomic mass is 9.59. The number of phenols is 1. The van der Waals surface area contributed by atoms with Crippen LogP contribution in [0.1, 0.15) is 67.9 Å². The van der Waals surface area contributed by atoms with E-state index in [1.54, 1.807) is 12.3 Å². The van der Waals surface area contributed by atoms with Crippen LogP contribution in [0.5, 0.6) is 5.75 Å². The van der Waals surface area contributed by atoms with Gasteiger partial charge < -0.3 is 24.8 Å². The second-order valence-electron chi connectivity index (χ2n) is 10.8.